The number of hydrogen-bond acceptors (Lipinski definition) is 3. The van der Waals surface area contributed by atoms with Gasteiger partial charge in [-0.15, -0.1) is 0 Å². The van der Waals surface area contributed by atoms with Crippen molar-refractivity contribution in [2.75, 3.05) is 13.3 Å². The minimum Gasteiger partial charge on any atom is -0.353 e. The highest BCUT2D eigenvalue weighted by Gasteiger charge is 2.18. The molecule has 1 aromatic rings. The molecule has 0 fully saturated rings. The molecule has 0 radical (unpaired) electrons. The van der Waals surface area contributed by atoms with Crippen LogP contribution in [0.25, 0.3) is 0 Å². The van der Waals surface area contributed by atoms with Gasteiger partial charge in [0.15, 0.2) is 5.50 Å². The summed E-state index contributed by atoms with van der Waals surface area (Å²) in [5.74, 6) is 0. The van der Waals surface area contributed by atoms with E-state index in [9.17, 15) is 4.57 Å². The standard InChI is InChI=1S/C6H10NO2P/c1-5-4-7-9-6(5)10(2,3)8/h4H,1-3H3. The number of aromatic nitrogens is 1. The Morgan fingerprint density at radius 2 is 2.20 bits per heavy atom. The van der Waals surface area contributed by atoms with Crippen LogP contribution < -0.4 is 5.50 Å². The van der Waals surface area contributed by atoms with Crippen molar-refractivity contribution in [3.63, 3.8) is 0 Å². The summed E-state index contributed by atoms with van der Waals surface area (Å²) in [6.45, 7) is 5.17. The predicted octanol–water partition coefficient (Wildman–Crippen LogP) is 1.23. The van der Waals surface area contributed by atoms with E-state index in [0.29, 0.717) is 5.50 Å². The number of nitrogens with zero attached hydrogens (tertiary/aromatic N) is 1. The topological polar surface area (TPSA) is 43.1 Å². The quantitative estimate of drug-likeness (QED) is 0.579. The van der Waals surface area contributed by atoms with Gasteiger partial charge in [0.25, 0.3) is 0 Å². The van der Waals surface area contributed by atoms with Crippen LogP contribution in [0.2, 0.25) is 0 Å². The first-order valence-corrected chi connectivity index (χ1v) is 5.59. The lowest BCUT2D eigenvalue weighted by Crippen LogP contribution is -2.01. The van der Waals surface area contributed by atoms with Crippen LogP contribution in [0.5, 0.6) is 0 Å². The molecule has 3 nitrogen and oxygen atoms in total. The molecular formula is C6H10NO2P. The average Bonchev–Trinajstić information content (AvgIpc) is 2.11. The summed E-state index contributed by atoms with van der Waals surface area (Å²) in [5.41, 5.74) is 1.40. The molecule has 0 unspecified atom stereocenters. The Morgan fingerprint density at radius 1 is 1.60 bits per heavy atom. The molecule has 10 heavy (non-hydrogen) atoms. The third-order valence-electron chi connectivity index (χ3n) is 1.21. The van der Waals surface area contributed by atoms with Crippen molar-refractivity contribution in [3.05, 3.63) is 11.8 Å². The molecule has 1 heterocycles. The second-order valence-corrected chi connectivity index (χ2v) is 5.77. The van der Waals surface area contributed by atoms with Gasteiger partial charge in [-0.05, 0) is 20.3 Å². The molecular weight excluding hydrogens is 149 g/mol. The molecule has 0 aliphatic heterocycles. The summed E-state index contributed by atoms with van der Waals surface area (Å²) >= 11 is 0. The van der Waals surface area contributed by atoms with E-state index in [-0.39, 0.29) is 0 Å². The van der Waals surface area contributed by atoms with Gasteiger partial charge in [0, 0.05) is 5.56 Å². The lowest BCUT2D eigenvalue weighted by Gasteiger charge is -1.99. The average molecular weight is 159 g/mol. The zero-order valence-corrected chi connectivity index (χ0v) is 7.18. The van der Waals surface area contributed by atoms with E-state index in [1.807, 2.05) is 6.92 Å². The van der Waals surface area contributed by atoms with E-state index < -0.39 is 7.14 Å². The molecule has 1 aromatic heterocycles. The van der Waals surface area contributed by atoms with Crippen molar-refractivity contribution >= 4 is 12.6 Å². The van der Waals surface area contributed by atoms with Gasteiger partial charge in [-0.1, -0.05) is 5.16 Å². The largest absolute Gasteiger partial charge is 0.353 e. The van der Waals surface area contributed by atoms with E-state index in [4.69, 9.17) is 4.52 Å². The first-order chi connectivity index (χ1) is 4.52. The molecule has 0 bridgehead atoms. The predicted molar refractivity (Wildman–Crippen MR) is 40.3 cm³/mol. The van der Waals surface area contributed by atoms with Crippen molar-refractivity contribution in [3.8, 4) is 0 Å². The van der Waals surface area contributed by atoms with Crippen LogP contribution in [0, 0.1) is 6.92 Å². The van der Waals surface area contributed by atoms with Crippen molar-refractivity contribution in [1.29, 1.82) is 0 Å². The van der Waals surface area contributed by atoms with E-state index >= 15 is 0 Å². The highest BCUT2D eigenvalue weighted by atomic mass is 31.2. The summed E-state index contributed by atoms with van der Waals surface area (Å²) in [4.78, 5) is 0. The highest BCUT2D eigenvalue weighted by molar-refractivity contribution is 7.69. The molecule has 0 amide bonds. The smallest absolute Gasteiger partial charge is 0.197 e. The van der Waals surface area contributed by atoms with Gasteiger partial charge in [-0.3, -0.25) is 0 Å². The maximum atomic E-state index is 11.4. The second kappa shape index (κ2) is 2.24. The third kappa shape index (κ3) is 1.29. The Bertz CT molecular complexity index is 273. The maximum absolute atomic E-state index is 11.4. The van der Waals surface area contributed by atoms with Crippen LogP contribution in [0.15, 0.2) is 10.7 Å². The zero-order valence-electron chi connectivity index (χ0n) is 6.29. The number of aryl methyl sites for hydroxylation is 1. The SMILES string of the molecule is Cc1cnoc1P(C)(C)=O. The second-order valence-electron chi connectivity index (χ2n) is 2.66. The molecule has 1 rings (SSSR count). The Kier molecular flexibility index (Phi) is 1.69. The summed E-state index contributed by atoms with van der Waals surface area (Å²) in [5, 5.41) is 3.54. The molecule has 0 aromatic carbocycles. The Labute approximate surface area is 59.8 Å². The summed E-state index contributed by atoms with van der Waals surface area (Å²) in [6, 6.07) is 0. The molecule has 56 valence electrons. The highest BCUT2D eigenvalue weighted by Crippen LogP contribution is 2.35. The monoisotopic (exact) mass is 159 g/mol. The van der Waals surface area contributed by atoms with Gasteiger partial charge in [-0.25, -0.2) is 0 Å². The van der Waals surface area contributed by atoms with Gasteiger partial charge < -0.3 is 9.09 Å². The molecule has 0 spiro atoms. The fraction of sp³-hybridized carbons (Fsp3) is 0.500. The van der Waals surface area contributed by atoms with Gasteiger partial charge in [0.2, 0.25) is 0 Å². The van der Waals surface area contributed by atoms with Crippen molar-refractivity contribution in [2.24, 2.45) is 0 Å². The Balaban J connectivity index is 3.18. The van der Waals surface area contributed by atoms with Crippen LogP contribution >= 0.6 is 7.14 Å². The minimum atomic E-state index is -2.24. The molecule has 0 aliphatic carbocycles. The van der Waals surface area contributed by atoms with Crippen LogP contribution in [-0.2, 0) is 4.57 Å². The molecule has 0 saturated carbocycles. The third-order valence-corrected chi connectivity index (χ3v) is 2.62. The van der Waals surface area contributed by atoms with Crippen LogP contribution in [0.1, 0.15) is 5.56 Å². The van der Waals surface area contributed by atoms with Crippen LogP contribution in [-0.4, -0.2) is 18.5 Å². The fourth-order valence-electron chi connectivity index (χ4n) is 0.806. The van der Waals surface area contributed by atoms with Gasteiger partial charge in [-0.2, -0.15) is 0 Å². The number of rotatable bonds is 1. The normalized spacial score (nSPS) is 11.9. The molecule has 0 aliphatic rings. The van der Waals surface area contributed by atoms with Crippen molar-refractivity contribution in [2.45, 2.75) is 6.92 Å². The van der Waals surface area contributed by atoms with Gasteiger partial charge in [0.1, 0.15) is 7.14 Å². The van der Waals surface area contributed by atoms with E-state index in [1.165, 1.54) is 0 Å². The first-order valence-electron chi connectivity index (χ1n) is 2.98. The van der Waals surface area contributed by atoms with E-state index in [0.717, 1.165) is 5.56 Å². The first kappa shape index (κ1) is 7.55. The molecule has 0 atom stereocenters. The maximum Gasteiger partial charge on any atom is 0.197 e. The summed E-state index contributed by atoms with van der Waals surface area (Å²) < 4.78 is 16.2. The molecule has 0 saturated heterocycles. The van der Waals surface area contributed by atoms with Gasteiger partial charge in [0.05, 0.1) is 6.20 Å². The van der Waals surface area contributed by atoms with Crippen LogP contribution in [0.4, 0.5) is 0 Å². The number of hydrogen-bond donors (Lipinski definition) is 0. The lowest BCUT2D eigenvalue weighted by atomic mass is 10.4. The molecule has 0 N–H and O–H groups in total. The van der Waals surface area contributed by atoms with Crippen molar-refractivity contribution < 1.29 is 9.09 Å². The van der Waals surface area contributed by atoms with Gasteiger partial charge >= 0.3 is 0 Å². The Morgan fingerprint density at radius 3 is 2.40 bits per heavy atom. The minimum absolute atomic E-state index is 0.535. The summed E-state index contributed by atoms with van der Waals surface area (Å²) in [6.07, 6.45) is 1.58. The molecule has 4 heteroatoms. The Hall–Kier alpha value is -0.560. The zero-order chi connectivity index (χ0) is 7.78. The van der Waals surface area contributed by atoms with Crippen molar-refractivity contribution in [1.82, 2.24) is 5.16 Å². The van der Waals surface area contributed by atoms with E-state index in [2.05, 4.69) is 5.16 Å². The van der Waals surface area contributed by atoms with E-state index in [1.54, 1.807) is 19.5 Å². The fourth-order valence-corrected chi connectivity index (χ4v) is 1.96. The summed E-state index contributed by atoms with van der Waals surface area (Å²) in [7, 11) is -2.24. The van der Waals surface area contributed by atoms with Crippen LogP contribution in [0.3, 0.4) is 0 Å². The lowest BCUT2D eigenvalue weighted by molar-refractivity contribution is 0.441.